The molecule has 0 radical (unpaired) electrons. The second-order valence-electron chi connectivity index (χ2n) is 6.99. The summed E-state index contributed by atoms with van der Waals surface area (Å²) in [5.74, 6) is 2.08. The lowest BCUT2D eigenvalue weighted by Crippen LogP contribution is -2.22. The minimum atomic E-state index is 0.563. The molecule has 4 rings (SSSR count). The quantitative estimate of drug-likeness (QED) is 0.751. The molecule has 5 heteroatoms. The maximum atomic E-state index is 4.51. The highest BCUT2D eigenvalue weighted by Crippen LogP contribution is 2.32. The predicted molar refractivity (Wildman–Crippen MR) is 102 cm³/mol. The summed E-state index contributed by atoms with van der Waals surface area (Å²) in [6, 6.07) is 10.9. The number of anilines is 1. The molecule has 0 aliphatic carbocycles. The van der Waals surface area contributed by atoms with E-state index >= 15 is 0 Å². The van der Waals surface area contributed by atoms with Gasteiger partial charge in [0.05, 0.1) is 5.39 Å². The first kappa shape index (κ1) is 16.1. The molecule has 0 unspecified atom stereocenters. The van der Waals surface area contributed by atoms with Crippen molar-refractivity contribution < 1.29 is 0 Å². The molecule has 2 aromatic heterocycles. The van der Waals surface area contributed by atoms with Crippen LogP contribution in [-0.4, -0.2) is 46.5 Å². The molecule has 5 nitrogen and oxygen atoms in total. The first-order valence-corrected chi connectivity index (χ1v) is 9.04. The first-order chi connectivity index (χ1) is 12.3. The molecule has 1 aromatic carbocycles. The standard InChI is InChI=1S/C20H25N5/c1-3-14-9-21-19-18(14)20(24-13-23-19)22-10-16-11-25(2)12-17(16)15-7-5-4-6-8-15/h4-9,13,16-17H,3,10-12H2,1-2H3,(H2,21,22,23,24)/t16-,17+/m1/s1. The third kappa shape index (κ3) is 3.12. The zero-order valence-electron chi connectivity index (χ0n) is 14.9. The Bertz CT molecular complexity index is 842. The molecule has 1 fully saturated rings. The highest BCUT2D eigenvalue weighted by Gasteiger charge is 2.31. The molecule has 1 aliphatic rings. The van der Waals surface area contributed by atoms with Gasteiger partial charge >= 0.3 is 0 Å². The van der Waals surface area contributed by atoms with Gasteiger partial charge in [-0.1, -0.05) is 37.3 Å². The van der Waals surface area contributed by atoms with Crippen molar-refractivity contribution in [2.75, 3.05) is 32.0 Å². The maximum Gasteiger partial charge on any atom is 0.143 e. The van der Waals surface area contributed by atoms with Crippen LogP contribution >= 0.6 is 0 Å². The summed E-state index contributed by atoms with van der Waals surface area (Å²) in [5.41, 5.74) is 3.61. The summed E-state index contributed by atoms with van der Waals surface area (Å²) in [7, 11) is 2.21. The van der Waals surface area contributed by atoms with Gasteiger partial charge in [0, 0.05) is 31.7 Å². The van der Waals surface area contributed by atoms with Crippen LogP contribution < -0.4 is 5.32 Å². The number of aromatic nitrogens is 3. The maximum absolute atomic E-state index is 4.51. The lowest BCUT2D eigenvalue weighted by Gasteiger charge is -2.20. The Morgan fingerprint density at radius 2 is 2.04 bits per heavy atom. The average Bonchev–Trinajstić information content (AvgIpc) is 3.24. The van der Waals surface area contributed by atoms with Crippen molar-refractivity contribution in [3.8, 4) is 0 Å². The van der Waals surface area contributed by atoms with E-state index in [4.69, 9.17) is 0 Å². The van der Waals surface area contributed by atoms with E-state index in [0.717, 1.165) is 42.9 Å². The third-order valence-electron chi connectivity index (χ3n) is 5.32. The summed E-state index contributed by atoms with van der Waals surface area (Å²) in [6.45, 7) is 5.30. The number of hydrogen-bond acceptors (Lipinski definition) is 4. The summed E-state index contributed by atoms with van der Waals surface area (Å²) >= 11 is 0. The van der Waals surface area contributed by atoms with Crippen LogP contribution in [0.1, 0.15) is 24.0 Å². The van der Waals surface area contributed by atoms with Crippen molar-refractivity contribution in [1.82, 2.24) is 19.9 Å². The van der Waals surface area contributed by atoms with E-state index in [9.17, 15) is 0 Å². The van der Waals surface area contributed by atoms with Gasteiger partial charge in [0.1, 0.15) is 17.8 Å². The van der Waals surface area contributed by atoms with E-state index in [2.05, 4.69) is 69.5 Å². The van der Waals surface area contributed by atoms with Crippen molar-refractivity contribution >= 4 is 16.9 Å². The predicted octanol–water partition coefficient (Wildman–Crippen LogP) is 3.28. The molecule has 2 N–H and O–H groups in total. The Morgan fingerprint density at radius 3 is 2.84 bits per heavy atom. The van der Waals surface area contributed by atoms with E-state index in [1.54, 1.807) is 6.33 Å². The monoisotopic (exact) mass is 335 g/mol. The number of likely N-dealkylation sites (N-methyl/N-ethyl adjacent to an activating group) is 1. The molecule has 130 valence electrons. The van der Waals surface area contributed by atoms with Crippen LogP contribution in [0.15, 0.2) is 42.9 Å². The zero-order chi connectivity index (χ0) is 17.2. The number of rotatable bonds is 5. The molecule has 25 heavy (non-hydrogen) atoms. The first-order valence-electron chi connectivity index (χ1n) is 9.04. The van der Waals surface area contributed by atoms with Crippen LogP contribution in [0.2, 0.25) is 0 Å². The van der Waals surface area contributed by atoms with Gasteiger partial charge in [0.15, 0.2) is 0 Å². The molecule has 0 spiro atoms. The Kier molecular flexibility index (Phi) is 4.40. The Morgan fingerprint density at radius 1 is 1.20 bits per heavy atom. The summed E-state index contributed by atoms with van der Waals surface area (Å²) in [5, 5.41) is 4.74. The number of nitrogens with one attached hydrogen (secondary N) is 2. The van der Waals surface area contributed by atoms with Crippen LogP contribution in [0.5, 0.6) is 0 Å². The third-order valence-corrected chi connectivity index (χ3v) is 5.32. The minimum Gasteiger partial charge on any atom is -0.369 e. The number of aromatic amines is 1. The molecular formula is C20H25N5. The number of benzene rings is 1. The Labute approximate surface area is 148 Å². The summed E-state index contributed by atoms with van der Waals surface area (Å²) < 4.78 is 0. The number of likely N-dealkylation sites (tertiary alicyclic amines) is 1. The van der Waals surface area contributed by atoms with E-state index in [-0.39, 0.29) is 0 Å². The van der Waals surface area contributed by atoms with Gasteiger partial charge < -0.3 is 15.2 Å². The van der Waals surface area contributed by atoms with Crippen molar-refractivity contribution in [1.29, 1.82) is 0 Å². The van der Waals surface area contributed by atoms with Crippen molar-refractivity contribution in [3.63, 3.8) is 0 Å². The Hall–Kier alpha value is -2.40. The van der Waals surface area contributed by atoms with Crippen LogP contribution in [0.4, 0.5) is 5.82 Å². The van der Waals surface area contributed by atoms with Crippen LogP contribution in [0, 0.1) is 5.92 Å². The second-order valence-corrected chi connectivity index (χ2v) is 6.99. The minimum absolute atomic E-state index is 0.563. The number of nitrogens with zero attached hydrogens (tertiary/aromatic N) is 3. The van der Waals surface area contributed by atoms with Crippen LogP contribution in [-0.2, 0) is 6.42 Å². The summed E-state index contributed by atoms with van der Waals surface area (Å²) in [4.78, 5) is 14.5. The molecule has 2 atom stereocenters. The molecule has 1 aliphatic heterocycles. The van der Waals surface area contributed by atoms with E-state index in [1.165, 1.54) is 11.1 Å². The molecule has 0 amide bonds. The summed E-state index contributed by atoms with van der Waals surface area (Å²) in [6.07, 6.45) is 4.65. The van der Waals surface area contributed by atoms with E-state index < -0.39 is 0 Å². The van der Waals surface area contributed by atoms with Crippen molar-refractivity contribution in [2.45, 2.75) is 19.3 Å². The molecule has 0 saturated carbocycles. The lowest BCUT2D eigenvalue weighted by atomic mass is 9.89. The number of aryl methyl sites for hydroxylation is 1. The number of hydrogen-bond donors (Lipinski definition) is 2. The van der Waals surface area contributed by atoms with Gasteiger partial charge in [-0.05, 0) is 30.5 Å². The van der Waals surface area contributed by atoms with Crippen molar-refractivity contribution in [2.24, 2.45) is 5.92 Å². The largest absolute Gasteiger partial charge is 0.369 e. The fourth-order valence-corrected chi connectivity index (χ4v) is 4.04. The second kappa shape index (κ2) is 6.84. The lowest BCUT2D eigenvalue weighted by molar-refractivity contribution is 0.398. The Balaban J connectivity index is 1.55. The van der Waals surface area contributed by atoms with Crippen LogP contribution in [0.25, 0.3) is 11.0 Å². The van der Waals surface area contributed by atoms with Gasteiger partial charge in [-0.3, -0.25) is 0 Å². The highest BCUT2D eigenvalue weighted by molar-refractivity contribution is 5.90. The number of H-pyrrole nitrogens is 1. The smallest absolute Gasteiger partial charge is 0.143 e. The molecule has 0 bridgehead atoms. The molecule has 3 aromatic rings. The fourth-order valence-electron chi connectivity index (χ4n) is 4.04. The van der Waals surface area contributed by atoms with E-state index in [1.807, 2.05) is 6.20 Å². The van der Waals surface area contributed by atoms with Gasteiger partial charge in [0.25, 0.3) is 0 Å². The average molecular weight is 335 g/mol. The highest BCUT2D eigenvalue weighted by atomic mass is 15.1. The van der Waals surface area contributed by atoms with Crippen LogP contribution in [0.3, 0.4) is 0 Å². The molecular weight excluding hydrogens is 310 g/mol. The van der Waals surface area contributed by atoms with Gasteiger partial charge in [-0.2, -0.15) is 0 Å². The van der Waals surface area contributed by atoms with Crippen molar-refractivity contribution in [3.05, 3.63) is 54.0 Å². The zero-order valence-corrected chi connectivity index (χ0v) is 14.9. The molecule has 3 heterocycles. The fraction of sp³-hybridized carbons (Fsp3) is 0.400. The molecule has 1 saturated heterocycles. The van der Waals surface area contributed by atoms with Gasteiger partial charge in [0.2, 0.25) is 0 Å². The van der Waals surface area contributed by atoms with Gasteiger partial charge in [-0.15, -0.1) is 0 Å². The van der Waals surface area contributed by atoms with Gasteiger partial charge in [-0.25, -0.2) is 9.97 Å². The number of fused-ring (bicyclic) bond motifs is 1. The normalized spacial score (nSPS) is 21.0. The SMILES string of the molecule is CCc1c[nH]c2ncnc(NC[C@@H]3CN(C)C[C@H]3c3ccccc3)c12. The van der Waals surface area contributed by atoms with E-state index in [0.29, 0.717) is 11.8 Å². The topological polar surface area (TPSA) is 56.8 Å².